The summed E-state index contributed by atoms with van der Waals surface area (Å²) in [5, 5.41) is 0. The van der Waals surface area contributed by atoms with E-state index in [0.29, 0.717) is 6.79 Å². The van der Waals surface area contributed by atoms with E-state index in [2.05, 4.69) is 19.1 Å². The van der Waals surface area contributed by atoms with Crippen LogP contribution in [-0.4, -0.2) is 6.79 Å². The van der Waals surface area contributed by atoms with Crippen molar-refractivity contribution in [2.45, 2.75) is 19.8 Å². The third-order valence-corrected chi connectivity index (χ3v) is 2.16. The summed E-state index contributed by atoms with van der Waals surface area (Å²) >= 11 is 0. The first-order valence-corrected chi connectivity index (χ1v) is 4.96. The summed E-state index contributed by atoms with van der Waals surface area (Å²) < 4.78 is 10.5. The maximum absolute atomic E-state index is 5.29. The number of hydrogen-bond donors (Lipinski definition) is 0. The number of unbranched alkanes of at least 4 members (excludes halogenated alkanes) is 1. The molecule has 0 saturated heterocycles. The van der Waals surface area contributed by atoms with Crippen LogP contribution in [0.25, 0.3) is 6.08 Å². The van der Waals surface area contributed by atoms with Gasteiger partial charge in [-0.05, 0) is 24.1 Å². The van der Waals surface area contributed by atoms with E-state index in [1.807, 2.05) is 18.2 Å². The Morgan fingerprint density at radius 2 is 2.14 bits per heavy atom. The van der Waals surface area contributed by atoms with Crippen LogP contribution in [0.15, 0.2) is 24.3 Å². The van der Waals surface area contributed by atoms with Crippen molar-refractivity contribution in [3.63, 3.8) is 0 Å². The maximum atomic E-state index is 5.29. The van der Waals surface area contributed by atoms with Gasteiger partial charge in [0, 0.05) is 0 Å². The molecule has 1 aliphatic rings. The van der Waals surface area contributed by atoms with E-state index in [1.54, 1.807) is 0 Å². The quantitative estimate of drug-likeness (QED) is 0.728. The van der Waals surface area contributed by atoms with Crippen molar-refractivity contribution in [1.82, 2.24) is 0 Å². The van der Waals surface area contributed by atoms with Crippen molar-refractivity contribution in [2.75, 3.05) is 6.79 Å². The van der Waals surface area contributed by atoms with Gasteiger partial charge in [-0.25, -0.2) is 0 Å². The predicted octanol–water partition coefficient (Wildman–Crippen LogP) is 3.23. The van der Waals surface area contributed by atoms with Gasteiger partial charge in [-0.2, -0.15) is 0 Å². The van der Waals surface area contributed by atoms with E-state index >= 15 is 0 Å². The van der Waals surface area contributed by atoms with Crippen molar-refractivity contribution in [3.05, 3.63) is 29.8 Å². The molecule has 0 aromatic heterocycles. The van der Waals surface area contributed by atoms with E-state index in [0.717, 1.165) is 17.9 Å². The van der Waals surface area contributed by atoms with Crippen molar-refractivity contribution < 1.29 is 9.47 Å². The fourth-order valence-corrected chi connectivity index (χ4v) is 1.40. The number of benzene rings is 1. The Morgan fingerprint density at radius 3 is 3.00 bits per heavy atom. The molecule has 1 heterocycles. The first-order valence-electron chi connectivity index (χ1n) is 4.96. The number of hydrogen-bond acceptors (Lipinski definition) is 2. The number of allylic oxidation sites excluding steroid dienone is 1. The van der Waals surface area contributed by atoms with E-state index in [4.69, 9.17) is 9.47 Å². The van der Waals surface area contributed by atoms with Crippen molar-refractivity contribution in [2.24, 2.45) is 0 Å². The molecule has 14 heavy (non-hydrogen) atoms. The molecule has 1 aromatic rings. The highest BCUT2D eigenvalue weighted by Crippen LogP contribution is 2.32. The molecule has 0 atom stereocenters. The van der Waals surface area contributed by atoms with E-state index in [9.17, 15) is 0 Å². The Hall–Kier alpha value is -1.44. The first-order chi connectivity index (χ1) is 6.90. The summed E-state index contributed by atoms with van der Waals surface area (Å²) in [5.74, 6) is 1.70. The van der Waals surface area contributed by atoms with Crippen LogP contribution in [0.1, 0.15) is 25.3 Å². The molecule has 0 radical (unpaired) electrons. The molecular formula is C12H14O2. The second-order valence-corrected chi connectivity index (χ2v) is 3.30. The molecule has 74 valence electrons. The molecule has 0 spiro atoms. The minimum atomic E-state index is 0.345. The topological polar surface area (TPSA) is 18.5 Å². The minimum Gasteiger partial charge on any atom is -0.454 e. The van der Waals surface area contributed by atoms with Gasteiger partial charge >= 0.3 is 0 Å². The van der Waals surface area contributed by atoms with Gasteiger partial charge in [-0.3, -0.25) is 0 Å². The smallest absolute Gasteiger partial charge is 0.231 e. The monoisotopic (exact) mass is 190 g/mol. The molecule has 1 aromatic carbocycles. The van der Waals surface area contributed by atoms with Crippen LogP contribution < -0.4 is 9.47 Å². The molecule has 0 fully saturated rings. The molecule has 0 aliphatic carbocycles. The van der Waals surface area contributed by atoms with Crippen LogP contribution in [0.3, 0.4) is 0 Å². The van der Waals surface area contributed by atoms with E-state index in [1.165, 1.54) is 12.0 Å². The number of fused-ring (bicyclic) bond motifs is 1. The summed E-state index contributed by atoms with van der Waals surface area (Å²) in [4.78, 5) is 0. The van der Waals surface area contributed by atoms with E-state index in [-0.39, 0.29) is 0 Å². The standard InChI is InChI=1S/C12H14O2/c1-2-3-4-5-10-6-7-11-12(8-10)14-9-13-11/h4-8H,2-3,9H2,1H3. The zero-order valence-electron chi connectivity index (χ0n) is 8.32. The average molecular weight is 190 g/mol. The van der Waals surface area contributed by atoms with Gasteiger partial charge in [0.2, 0.25) is 6.79 Å². The second-order valence-electron chi connectivity index (χ2n) is 3.30. The largest absolute Gasteiger partial charge is 0.454 e. The number of rotatable bonds is 3. The van der Waals surface area contributed by atoms with Crippen molar-refractivity contribution >= 4 is 6.08 Å². The first kappa shape index (κ1) is 9.13. The van der Waals surface area contributed by atoms with Crippen LogP contribution in [-0.2, 0) is 0 Å². The molecule has 2 nitrogen and oxygen atoms in total. The third-order valence-electron chi connectivity index (χ3n) is 2.16. The maximum Gasteiger partial charge on any atom is 0.231 e. The van der Waals surface area contributed by atoms with Gasteiger partial charge in [-0.15, -0.1) is 0 Å². The molecule has 2 rings (SSSR count). The van der Waals surface area contributed by atoms with Crippen LogP contribution in [0.2, 0.25) is 0 Å². The summed E-state index contributed by atoms with van der Waals surface area (Å²) in [6.45, 7) is 2.52. The Morgan fingerprint density at radius 1 is 1.29 bits per heavy atom. The molecule has 0 N–H and O–H groups in total. The summed E-state index contributed by atoms with van der Waals surface area (Å²) in [7, 11) is 0. The summed E-state index contributed by atoms with van der Waals surface area (Å²) in [6, 6.07) is 6.00. The Bertz CT molecular complexity index is 342. The lowest BCUT2D eigenvalue weighted by molar-refractivity contribution is 0.174. The Kier molecular flexibility index (Phi) is 2.73. The highest BCUT2D eigenvalue weighted by Gasteiger charge is 2.11. The SMILES string of the molecule is CCCC=Cc1ccc2c(c1)OCO2. The lowest BCUT2D eigenvalue weighted by Gasteiger charge is -1.97. The second kappa shape index (κ2) is 4.18. The highest BCUT2D eigenvalue weighted by molar-refractivity contribution is 5.56. The van der Waals surface area contributed by atoms with E-state index < -0.39 is 0 Å². The zero-order chi connectivity index (χ0) is 9.80. The molecule has 0 saturated carbocycles. The van der Waals surface area contributed by atoms with Gasteiger partial charge < -0.3 is 9.47 Å². The van der Waals surface area contributed by atoms with Gasteiger partial charge in [0.25, 0.3) is 0 Å². The lowest BCUT2D eigenvalue weighted by atomic mass is 10.1. The van der Waals surface area contributed by atoms with Crippen molar-refractivity contribution in [3.8, 4) is 11.5 Å². The fraction of sp³-hybridized carbons (Fsp3) is 0.333. The molecular weight excluding hydrogens is 176 g/mol. The fourth-order valence-electron chi connectivity index (χ4n) is 1.40. The average Bonchev–Trinajstić information content (AvgIpc) is 2.65. The van der Waals surface area contributed by atoms with Crippen LogP contribution in [0.4, 0.5) is 0 Å². The summed E-state index contributed by atoms with van der Waals surface area (Å²) in [6.07, 6.45) is 6.60. The lowest BCUT2D eigenvalue weighted by Crippen LogP contribution is -1.92. The molecule has 1 aliphatic heterocycles. The Labute approximate surface area is 84.2 Å². The molecule has 0 bridgehead atoms. The molecule has 0 amide bonds. The molecule has 0 unspecified atom stereocenters. The van der Waals surface area contributed by atoms with Gasteiger partial charge in [0.15, 0.2) is 11.5 Å². The minimum absolute atomic E-state index is 0.345. The summed E-state index contributed by atoms with van der Waals surface area (Å²) in [5.41, 5.74) is 1.17. The third kappa shape index (κ3) is 1.90. The van der Waals surface area contributed by atoms with Crippen molar-refractivity contribution in [1.29, 1.82) is 0 Å². The number of ether oxygens (including phenoxy) is 2. The van der Waals surface area contributed by atoms with Crippen LogP contribution >= 0.6 is 0 Å². The van der Waals surface area contributed by atoms with Gasteiger partial charge in [-0.1, -0.05) is 31.6 Å². The zero-order valence-corrected chi connectivity index (χ0v) is 8.32. The normalized spacial score (nSPS) is 13.8. The van der Waals surface area contributed by atoms with Crippen LogP contribution in [0, 0.1) is 0 Å². The molecule has 2 heteroatoms. The highest BCUT2D eigenvalue weighted by atomic mass is 16.7. The van der Waals surface area contributed by atoms with Gasteiger partial charge in [0.1, 0.15) is 0 Å². The predicted molar refractivity (Wildman–Crippen MR) is 56.5 cm³/mol. The Balaban J connectivity index is 2.12. The van der Waals surface area contributed by atoms with Crippen LogP contribution in [0.5, 0.6) is 11.5 Å². The van der Waals surface area contributed by atoms with Gasteiger partial charge in [0.05, 0.1) is 0 Å².